The molecule has 5 saturated carbocycles. The van der Waals surface area contributed by atoms with Crippen molar-refractivity contribution >= 4 is 5.78 Å². The molecular weight excluding hydrogens is 334 g/mol. The number of hydrogen-bond donors (Lipinski definition) is 2. The van der Waals surface area contributed by atoms with Crippen molar-refractivity contribution in [3.8, 4) is 0 Å². The first-order valence-electron chi connectivity index (χ1n) is 11.2. The van der Waals surface area contributed by atoms with Crippen LogP contribution in [0.25, 0.3) is 0 Å². The second-order valence-electron chi connectivity index (χ2n) is 11.3. The first-order chi connectivity index (χ1) is 12.7. The summed E-state index contributed by atoms with van der Waals surface area (Å²) in [4.78, 5) is 12.5. The Bertz CT molecular complexity index is 717. The van der Waals surface area contributed by atoms with Crippen LogP contribution in [0.4, 0.5) is 0 Å². The smallest absolute Gasteiger partial charge is 0.136 e. The van der Waals surface area contributed by atoms with Crippen LogP contribution in [-0.4, -0.2) is 30.1 Å². The second kappa shape index (κ2) is 5.27. The van der Waals surface area contributed by atoms with Gasteiger partial charge in [0.05, 0.1) is 6.10 Å². The van der Waals surface area contributed by atoms with Crippen molar-refractivity contribution in [2.24, 2.45) is 39.4 Å². The van der Waals surface area contributed by atoms with E-state index in [-0.39, 0.29) is 22.5 Å². The fourth-order valence-electron chi connectivity index (χ4n) is 9.75. The zero-order valence-corrected chi connectivity index (χ0v) is 17.6. The minimum atomic E-state index is -0.449. The quantitative estimate of drug-likeness (QED) is 0.719. The van der Waals surface area contributed by atoms with Crippen molar-refractivity contribution in [2.45, 2.75) is 84.3 Å². The van der Waals surface area contributed by atoms with Crippen LogP contribution < -0.4 is 5.32 Å². The minimum Gasteiger partial charge on any atom is -0.392 e. The molecule has 27 heavy (non-hydrogen) atoms. The molecule has 0 aromatic heterocycles. The molecule has 3 nitrogen and oxygen atoms in total. The van der Waals surface area contributed by atoms with E-state index in [4.69, 9.17) is 0 Å². The molecule has 5 aliphatic carbocycles. The van der Waals surface area contributed by atoms with Crippen LogP contribution in [-0.2, 0) is 4.79 Å². The van der Waals surface area contributed by atoms with Gasteiger partial charge in [-0.25, -0.2) is 0 Å². The van der Waals surface area contributed by atoms with Crippen LogP contribution in [0.3, 0.4) is 0 Å². The highest BCUT2D eigenvalue weighted by Gasteiger charge is 2.81. The first-order valence-corrected chi connectivity index (χ1v) is 11.2. The van der Waals surface area contributed by atoms with Crippen molar-refractivity contribution < 1.29 is 9.90 Å². The zero-order valence-electron chi connectivity index (χ0n) is 17.6. The van der Waals surface area contributed by atoms with Crippen molar-refractivity contribution in [1.29, 1.82) is 0 Å². The van der Waals surface area contributed by atoms with Crippen LogP contribution in [0.1, 0.15) is 72.1 Å². The highest BCUT2D eigenvalue weighted by Crippen LogP contribution is 2.87. The van der Waals surface area contributed by atoms with Crippen LogP contribution in [0.2, 0.25) is 0 Å². The Morgan fingerprint density at radius 2 is 1.85 bits per heavy atom. The monoisotopic (exact) mass is 371 g/mol. The lowest BCUT2D eigenvalue weighted by Gasteiger charge is -2.61. The topological polar surface area (TPSA) is 49.3 Å². The van der Waals surface area contributed by atoms with E-state index in [2.05, 4.69) is 32.8 Å². The summed E-state index contributed by atoms with van der Waals surface area (Å²) in [5.74, 6) is 1.38. The van der Waals surface area contributed by atoms with E-state index < -0.39 is 6.10 Å². The van der Waals surface area contributed by atoms with E-state index in [9.17, 15) is 9.90 Å². The molecule has 0 aliphatic heterocycles. The lowest BCUT2D eigenvalue weighted by molar-refractivity contribution is -0.141. The van der Waals surface area contributed by atoms with Gasteiger partial charge >= 0.3 is 0 Å². The summed E-state index contributed by atoms with van der Waals surface area (Å²) >= 11 is 0. The third kappa shape index (κ3) is 1.85. The standard InChI is InChI=1S/C24H37NO2/c1-14-16-6-7-19-22(4)12-18(27)20(15(2)26)21(22,3)10-11-24(19)13-23(16,24)9-8-17(14)25-5/h16-20,25,27H,1,6-13H2,2-5H3/t16-,17-,18+,19-,20-,21+,22-,23+,24+/m0/s1. The number of aliphatic hydroxyl groups is 1. The largest absolute Gasteiger partial charge is 0.392 e. The van der Waals surface area contributed by atoms with Gasteiger partial charge in [0.1, 0.15) is 5.78 Å². The highest BCUT2D eigenvalue weighted by molar-refractivity contribution is 5.80. The molecule has 3 heteroatoms. The number of carbonyl (C=O) groups is 1. The Hall–Kier alpha value is -0.670. The molecular formula is C24H37NO2. The Morgan fingerprint density at radius 1 is 1.11 bits per heavy atom. The molecule has 150 valence electrons. The molecule has 9 atom stereocenters. The van der Waals surface area contributed by atoms with Crippen LogP contribution in [0.15, 0.2) is 12.2 Å². The molecule has 5 fully saturated rings. The summed E-state index contributed by atoms with van der Waals surface area (Å²) < 4.78 is 0. The Morgan fingerprint density at radius 3 is 2.52 bits per heavy atom. The van der Waals surface area contributed by atoms with Gasteiger partial charge in [0.25, 0.3) is 0 Å². The third-order valence-electron chi connectivity index (χ3n) is 11.0. The van der Waals surface area contributed by atoms with Gasteiger partial charge < -0.3 is 10.4 Å². The Labute approximate surface area is 164 Å². The van der Waals surface area contributed by atoms with Crippen LogP contribution in [0, 0.1) is 39.4 Å². The zero-order chi connectivity index (χ0) is 19.4. The molecule has 5 rings (SSSR count). The Balaban J connectivity index is 1.53. The predicted octanol–water partition coefficient (Wildman–Crippen LogP) is 4.10. The summed E-state index contributed by atoms with van der Waals surface area (Å²) in [5.41, 5.74) is 2.45. The molecule has 2 N–H and O–H groups in total. The van der Waals surface area contributed by atoms with E-state index in [0.29, 0.717) is 28.7 Å². The average Bonchev–Trinajstić information content (AvgIpc) is 3.20. The normalized spacial score (nSPS) is 58.7. The number of nitrogens with one attached hydrogen (secondary N) is 1. The summed E-state index contributed by atoms with van der Waals surface area (Å²) in [6, 6.07) is 0.495. The Kier molecular flexibility index (Phi) is 3.59. The number of ketones is 1. The van der Waals surface area contributed by atoms with Crippen LogP contribution >= 0.6 is 0 Å². The van der Waals surface area contributed by atoms with E-state index in [1.165, 1.54) is 44.1 Å². The molecule has 0 saturated heterocycles. The SMILES string of the molecule is C=C1[C@@H](NC)CC[C@]23C[C@@]24CC[C@]2(C)[C@@H](C(C)=O)[C@H](O)C[C@@]2(C)[C@@H]4CC[C@@H]13. The van der Waals surface area contributed by atoms with Crippen molar-refractivity contribution in [1.82, 2.24) is 5.32 Å². The van der Waals surface area contributed by atoms with Crippen molar-refractivity contribution in [2.75, 3.05) is 7.05 Å². The molecule has 5 aliphatic rings. The average molecular weight is 372 g/mol. The van der Waals surface area contributed by atoms with Crippen LogP contribution in [0.5, 0.6) is 0 Å². The number of Topliss-reactive ketones (excluding diaryl/α,β-unsaturated/α-hetero) is 1. The highest BCUT2D eigenvalue weighted by atomic mass is 16.3. The van der Waals surface area contributed by atoms with Gasteiger partial charge in [0.2, 0.25) is 0 Å². The van der Waals surface area contributed by atoms with E-state index >= 15 is 0 Å². The van der Waals surface area contributed by atoms with E-state index in [1.54, 1.807) is 6.92 Å². The number of hydrogen-bond acceptors (Lipinski definition) is 3. The first kappa shape index (κ1) is 18.4. The fourth-order valence-corrected chi connectivity index (χ4v) is 9.75. The summed E-state index contributed by atoms with van der Waals surface area (Å²) in [6.45, 7) is 11.0. The lowest BCUT2D eigenvalue weighted by Crippen LogP contribution is -2.55. The molecule has 0 amide bonds. The molecule has 0 aromatic rings. The molecule has 2 spiro atoms. The van der Waals surface area contributed by atoms with Gasteiger partial charge in [-0.05, 0) is 98.8 Å². The molecule has 0 heterocycles. The van der Waals surface area contributed by atoms with Gasteiger partial charge in [-0.15, -0.1) is 0 Å². The number of carbonyl (C=O) groups excluding carboxylic acids is 1. The maximum absolute atomic E-state index is 12.5. The third-order valence-corrected chi connectivity index (χ3v) is 11.0. The van der Waals surface area contributed by atoms with E-state index in [1.807, 2.05) is 0 Å². The molecule has 0 aromatic carbocycles. The molecule has 0 unspecified atom stereocenters. The van der Waals surface area contributed by atoms with Gasteiger partial charge in [-0.2, -0.15) is 0 Å². The summed E-state index contributed by atoms with van der Waals surface area (Å²) in [7, 11) is 2.08. The maximum Gasteiger partial charge on any atom is 0.136 e. The van der Waals surface area contributed by atoms with E-state index in [0.717, 1.165) is 12.8 Å². The lowest BCUT2D eigenvalue weighted by atomic mass is 9.43. The number of rotatable bonds is 2. The maximum atomic E-state index is 12.5. The minimum absolute atomic E-state index is 0.0377. The van der Waals surface area contributed by atoms with Gasteiger partial charge in [-0.3, -0.25) is 4.79 Å². The van der Waals surface area contributed by atoms with Gasteiger partial charge in [-0.1, -0.05) is 26.0 Å². The summed E-state index contributed by atoms with van der Waals surface area (Å²) in [5, 5.41) is 14.4. The number of likely N-dealkylation sites (N-methyl/N-ethyl adjacent to an activating group) is 1. The second-order valence-corrected chi connectivity index (χ2v) is 11.3. The number of aliphatic hydroxyl groups excluding tert-OH is 1. The van der Waals surface area contributed by atoms with Crippen molar-refractivity contribution in [3.63, 3.8) is 0 Å². The number of fused-ring (bicyclic) bond motifs is 2. The molecule has 0 bridgehead atoms. The fraction of sp³-hybridized carbons (Fsp3) is 0.875. The van der Waals surface area contributed by atoms with Gasteiger partial charge in [0.15, 0.2) is 0 Å². The summed E-state index contributed by atoms with van der Waals surface area (Å²) in [6.07, 6.45) is 9.19. The van der Waals surface area contributed by atoms with Crippen molar-refractivity contribution in [3.05, 3.63) is 12.2 Å². The predicted molar refractivity (Wildman–Crippen MR) is 107 cm³/mol. The molecule has 0 radical (unpaired) electrons. The van der Waals surface area contributed by atoms with Gasteiger partial charge in [0, 0.05) is 12.0 Å².